The molecular formula is C25H28ClN7O. The number of piperazine rings is 1. The maximum Gasteiger partial charge on any atom is 0.229 e. The van der Waals surface area contributed by atoms with Gasteiger partial charge in [-0.25, -0.2) is 4.98 Å². The Morgan fingerprint density at radius 2 is 1.82 bits per heavy atom. The van der Waals surface area contributed by atoms with E-state index in [-0.39, 0.29) is 6.61 Å². The monoisotopic (exact) mass is 477 g/mol. The minimum Gasteiger partial charge on any atom is -0.395 e. The molecule has 9 heteroatoms. The number of anilines is 5. The first-order valence-electron chi connectivity index (χ1n) is 11.3. The number of nitrogens with zero attached hydrogens (tertiary/aromatic N) is 5. The van der Waals surface area contributed by atoms with Gasteiger partial charge >= 0.3 is 0 Å². The van der Waals surface area contributed by atoms with Gasteiger partial charge in [-0.05, 0) is 54.4 Å². The SMILES string of the molecule is Cc1ccc(Nc2ccnc(Nc3ccc(N4CCN(CCO)CC4)c(Cl)c3)n2)cc1CC#N. The molecule has 0 bridgehead atoms. The smallest absolute Gasteiger partial charge is 0.229 e. The number of hydrogen-bond acceptors (Lipinski definition) is 8. The van der Waals surface area contributed by atoms with Crippen molar-refractivity contribution in [3.05, 3.63) is 64.8 Å². The van der Waals surface area contributed by atoms with E-state index in [2.05, 4.69) is 36.5 Å². The number of β-amino-alcohol motifs (C(OH)–C–C–N with tert-alkyl or cyclic N) is 1. The van der Waals surface area contributed by atoms with Gasteiger partial charge in [0, 0.05) is 50.3 Å². The van der Waals surface area contributed by atoms with Gasteiger partial charge in [0.25, 0.3) is 0 Å². The van der Waals surface area contributed by atoms with Crippen molar-refractivity contribution in [1.82, 2.24) is 14.9 Å². The summed E-state index contributed by atoms with van der Waals surface area (Å²) < 4.78 is 0. The average molecular weight is 478 g/mol. The minimum absolute atomic E-state index is 0.188. The normalized spacial score (nSPS) is 14.0. The second kappa shape index (κ2) is 11.2. The zero-order valence-electron chi connectivity index (χ0n) is 19.1. The molecule has 0 spiro atoms. The van der Waals surface area contributed by atoms with Gasteiger partial charge in [0.1, 0.15) is 5.82 Å². The first-order chi connectivity index (χ1) is 16.6. The van der Waals surface area contributed by atoms with Crippen molar-refractivity contribution in [2.24, 2.45) is 0 Å². The van der Waals surface area contributed by atoms with Crippen LogP contribution in [0.3, 0.4) is 0 Å². The lowest BCUT2D eigenvalue weighted by atomic mass is 10.1. The summed E-state index contributed by atoms with van der Waals surface area (Å²) >= 11 is 6.61. The molecule has 0 amide bonds. The minimum atomic E-state index is 0.188. The average Bonchev–Trinajstić information content (AvgIpc) is 2.83. The van der Waals surface area contributed by atoms with Crippen LogP contribution >= 0.6 is 11.6 Å². The van der Waals surface area contributed by atoms with Gasteiger partial charge in [0.05, 0.1) is 29.8 Å². The number of rotatable bonds is 8. The Hall–Kier alpha value is -3.38. The Morgan fingerprint density at radius 3 is 2.56 bits per heavy atom. The van der Waals surface area contributed by atoms with Crippen LogP contribution in [0.2, 0.25) is 5.02 Å². The highest BCUT2D eigenvalue weighted by atomic mass is 35.5. The molecule has 1 aromatic heterocycles. The second-order valence-electron chi connectivity index (χ2n) is 8.21. The van der Waals surface area contributed by atoms with Crippen molar-refractivity contribution in [3.63, 3.8) is 0 Å². The van der Waals surface area contributed by atoms with Gasteiger partial charge < -0.3 is 20.6 Å². The summed E-state index contributed by atoms with van der Waals surface area (Å²) in [5, 5.41) is 25.3. The molecule has 34 heavy (non-hydrogen) atoms. The maximum absolute atomic E-state index is 9.12. The summed E-state index contributed by atoms with van der Waals surface area (Å²) in [6.45, 7) is 6.46. The van der Waals surface area contributed by atoms with Gasteiger partial charge in [0.15, 0.2) is 0 Å². The Bertz CT molecular complexity index is 1170. The number of halogens is 1. The lowest BCUT2D eigenvalue weighted by molar-refractivity contribution is 0.189. The molecule has 1 saturated heterocycles. The van der Waals surface area contributed by atoms with Crippen LogP contribution in [0.25, 0.3) is 0 Å². The molecule has 0 aliphatic carbocycles. The zero-order chi connectivity index (χ0) is 23.9. The van der Waals surface area contributed by atoms with Crippen LogP contribution in [0.4, 0.5) is 28.8 Å². The first-order valence-corrected chi connectivity index (χ1v) is 11.6. The van der Waals surface area contributed by atoms with Gasteiger partial charge in [-0.15, -0.1) is 0 Å². The summed E-state index contributed by atoms with van der Waals surface area (Å²) in [6, 6.07) is 15.8. The number of nitrogens with one attached hydrogen (secondary N) is 2. The number of aliphatic hydroxyl groups is 1. The van der Waals surface area contributed by atoms with E-state index < -0.39 is 0 Å². The van der Waals surface area contributed by atoms with Gasteiger partial charge in [-0.2, -0.15) is 10.2 Å². The summed E-state index contributed by atoms with van der Waals surface area (Å²) in [4.78, 5) is 13.4. The molecule has 3 N–H and O–H groups in total. The summed E-state index contributed by atoms with van der Waals surface area (Å²) in [5.74, 6) is 1.10. The van der Waals surface area contributed by atoms with E-state index in [1.807, 2.05) is 43.3 Å². The van der Waals surface area contributed by atoms with E-state index in [9.17, 15) is 0 Å². The highest BCUT2D eigenvalue weighted by Crippen LogP contribution is 2.30. The standard InChI is InChI=1S/C25H28ClN7O/c1-18-2-3-20(16-19(18)6-8-27)29-24-7-9-28-25(31-24)30-21-4-5-23(22(26)17-21)33-12-10-32(11-13-33)14-15-34/h2-5,7,9,16-17,34H,6,10-15H2,1H3,(H2,28,29,30,31). The molecule has 8 nitrogen and oxygen atoms in total. The highest BCUT2D eigenvalue weighted by molar-refractivity contribution is 6.33. The number of aromatic nitrogens is 2. The third kappa shape index (κ3) is 5.94. The number of hydrogen-bond donors (Lipinski definition) is 3. The molecule has 0 saturated carbocycles. The third-order valence-corrected chi connectivity index (χ3v) is 6.18. The van der Waals surface area contributed by atoms with E-state index in [0.29, 0.717) is 29.8 Å². The largest absolute Gasteiger partial charge is 0.395 e. The van der Waals surface area contributed by atoms with Crippen molar-refractivity contribution in [3.8, 4) is 6.07 Å². The lowest BCUT2D eigenvalue weighted by Crippen LogP contribution is -2.47. The van der Waals surface area contributed by atoms with Crippen LogP contribution in [0.5, 0.6) is 0 Å². The molecule has 0 unspecified atom stereocenters. The Labute approximate surface area is 204 Å². The van der Waals surface area contributed by atoms with Crippen LogP contribution in [0.15, 0.2) is 48.7 Å². The van der Waals surface area contributed by atoms with Gasteiger partial charge in [-0.3, -0.25) is 4.90 Å². The number of aliphatic hydroxyl groups excluding tert-OH is 1. The van der Waals surface area contributed by atoms with Crippen LogP contribution in [0.1, 0.15) is 11.1 Å². The summed E-state index contributed by atoms with van der Waals surface area (Å²) in [7, 11) is 0. The first kappa shape index (κ1) is 23.8. The van der Waals surface area contributed by atoms with Crippen molar-refractivity contribution in [2.75, 3.05) is 54.9 Å². The fraction of sp³-hybridized carbons (Fsp3) is 0.320. The molecule has 3 aromatic rings. The Balaban J connectivity index is 1.42. The quantitative estimate of drug-likeness (QED) is 0.445. The topological polar surface area (TPSA) is 100 Å². The van der Waals surface area contributed by atoms with E-state index in [1.165, 1.54) is 0 Å². The molecule has 4 rings (SSSR count). The molecule has 2 heterocycles. The van der Waals surface area contributed by atoms with Crippen LogP contribution in [-0.2, 0) is 6.42 Å². The highest BCUT2D eigenvalue weighted by Gasteiger charge is 2.18. The molecule has 1 aliphatic rings. The predicted octanol–water partition coefficient (Wildman–Crippen LogP) is 4.11. The number of benzene rings is 2. The van der Waals surface area contributed by atoms with E-state index in [4.69, 9.17) is 22.0 Å². The van der Waals surface area contributed by atoms with Gasteiger partial charge in [0.2, 0.25) is 5.95 Å². The maximum atomic E-state index is 9.12. The fourth-order valence-corrected chi connectivity index (χ4v) is 4.29. The third-order valence-electron chi connectivity index (χ3n) is 5.88. The molecule has 0 radical (unpaired) electrons. The summed E-state index contributed by atoms with van der Waals surface area (Å²) in [5.41, 5.74) is 4.75. The Kier molecular flexibility index (Phi) is 7.80. The number of aryl methyl sites for hydroxylation is 1. The Morgan fingerprint density at radius 1 is 1.06 bits per heavy atom. The molecule has 0 atom stereocenters. The van der Waals surface area contributed by atoms with Crippen molar-refractivity contribution in [2.45, 2.75) is 13.3 Å². The zero-order valence-corrected chi connectivity index (χ0v) is 19.9. The lowest BCUT2D eigenvalue weighted by Gasteiger charge is -2.36. The van der Waals surface area contributed by atoms with Crippen molar-refractivity contribution < 1.29 is 5.11 Å². The van der Waals surface area contributed by atoms with Crippen molar-refractivity contribution >= 4 is 40.4 Å². The van der Waals surface area contributed by atoms with Crippen LogP contribution in [-0.4, -0.2) is 59.3 Å². The van der Waals surface area contributed by atoms with E-state index in [1.54, 1.807) is 12.3 Å². The molecule has 2 aromatic carbocycles. The molecule has 1 fully saturated rings. The van der Waals surface area contributed by atoms with Crippen molar-refractivity contribution in [1.29, 1.82) is 5.26 Å². The van der Waals surface area contributed by atoms with Gasteiger partial charge in [-0.1, -0.05) is 17.7 Å². The fourth-order valence-electron chi connectivity index (χ4n) is 3.99. The number of nitriles is 1. The predicted molar refractivity (Wildman–Crippen MR) is 136 cm³/mol. The van der Waals surface area contributed by atoms with E-state index in [0.717, 1.165) is 54.4 Å². The summed E-state index contributed by atoms with van der Waals surface area (Å²) in [6.07, 6.45) is 2.05. The van der Waals surface area contributed by atoms with E-state index >= 15 is 0 Å². The van der Waals surface area contributed by atoms with Crippen LogP contribution < -0.4 is 15.5 Å². The molecule has 176 valence electrons. The van der Waals surface area contributed by atoms with Crippen LogP contribution in [0, 0.1) is 18.3 Å². The molecular weight excluding hydrogens is 450 g/mol. The second-order valence-corrected chi connectivity index (χ2v) is 8.62. The molecule has 1 aliphatic heterocycles.